The normalized spacial score (nSPS) is 11.3. The van der Waals surface area contributed by atoms with Crippen LogP contribution in [0.1, 0.15) is 0 Å². The largest absolute Gasteiger partial charge is 0.309 e. The quantitative estimate of drug-likeness (QED) is 0.214. The second kappa shape index (κ2) is 10.5. The van der Waals surface area contributed by atoms with Crippen LogP contribution in [0.3, 0.4) is 0 Å². The second-order valence-corrected chi connectivity index (χ2v) is 10.6. The van der Waals surface area contributed by atoms with Gasteiger partial charge in [0.05, 0.1) is 22.4 Å². The summed E-state index contributed by atoms with van der Waals surface area (Å²) in [6.07, 6.45) is 3.56. The fourth-order valence-corrected chi connectivity index (χ4v) is 5.84. The molecule has 0 aliphatic carbocycles. The van der Waals surface area contributed by atoms with Crippen LogP contribution >= 0.6 is 0 Å². The van der Waals surface area contributed by atoms with Gasteiger partial charge >= 0.3 is 0 Å². The van der Waals surface area contributed by atoms with Gasteiger partial charge in [0, 0.05) is 45.5 Å². The predicted molar refractivity (Wildman–Crippen MR) is 176 cm³/mol. The van der Waals surface area contributed by atoms with Crippen molar-refractivity contribution in [1.29, 1.82) is 0 Å². The number of benzene rings is 5. The molecule has 3 heterocycles. The molecular formula is C39H26N4. The van der Waals surface area contributed by atoms with Crippen LogP contribution in [0.4, 0.5) is 0 Å². The first-order valence-electron chi connectivity index (χ1n) is 14.4. The Morgan fingerprint density at radius 2 is 0.953 bits per heavy atom. The molecule has 0 aliphatic rings. The van der Waals surface area contributed by atoms with E-state index < -0.39 is 0 Å². The Morgan fingerprint density at radius 1 is 0.395 bits per heavy atom. The predicted octanol–water partition coefficient (Wildman–Crippen LogP) is 9.64. The first-order valence-corrected chi connectivity index (χ1v) is 14.4. The molecule has 4 nitrogen and oxygen atoms in total. The third-order valence-corrected chi connectivity index (χ3v) is 7.93. The van der Waals surface area contributed by atoms with Crippen molar-refractivity contribution in [2.75, 3.05) is 0 Å². The summed E-state index contributed by atoms with van der Waals surface area (Å²) in [5.41, 5.74) is 10.6. The third-order valence-electron chi connectivity index (χ3n) is 7.93. The summed E-state index contributed by atoms with van der Waals surface area (Å²) in [6.45, 7) is 0. The molecule has 0 bridgehead atoms. The highest BCUT2D eigenvalue weighted by atomic mass is 15.0. The van der Waals surface area contributed by atoms with E-state index in [-0.39, 0.29) is 0 Å². The molecule has 202 valence electrons. The lowest BCUT2D eigenvalue weighted by molar-refractivity contribution is 1.16. The zero-order valence-corrected chi connectivity index (χ0v) is 23.3. The van der Waals surface area contributed by atoms with Crippen LogP contribution in [0.15, 0.2) is 158 Å². The van der Waals surface area contributed by atoms with Gasteiger partial charge in [0.25, 0.3) is 0 Å². The summed E-state index contributed by atoms with van der Waals surface area (Å²) in [5.74, 6) is 0.671. The number of rotatable bonds is 5. The van der Waals surface area contributed by atoms with Gasteiger partial charge in [-0.2, -0.15) is 0 Å². The molecule has 3 aromatic heterocycles. The zero-order valence-electron chi connectivity index (χ0n) is 23.3. The van der Waals surface area contributed by atoms with Gasteiger partial charge in [-0.25, -0.2) is 9.97 Å². The first-order chi connectivity index (χ1) is 21.3. The van der Waals surface area contributed by atoms with Crippen LogP contribution in [0.5, 0.6) is 0 Å². The van der Waals surface area contributed by atoms with Crippen LogP contribution in [-0.4, -0.2) is 19.5 Å². The monoisotopic (exact) mass is 550 g/mol. The van der Waals surface area contributed by atoms with Crippen LogP contribution < -0.4 is 0 Å². The molecule has 0 unspecified atom stereocenters. The summed E-state index contributed by atoms with van der Waals surface area (Å²) >= 11 is 0. The van der Waals surface area contributed by atoms with E-state index in [9.17, 15) is 0 Å². The molecule has 0 radical (unpaired) electrons. The molecule has 4 heteroatoms. The maximum atomic E-state index is 5.06. The van der Waals surface area contributed by atoms with Gasteiger partial charge in [-0.1, -0.05) is 103 Å². The zero-order chi connectivity index (χ0) is 28.6. The van der Waals surface area contributed by atoms with Gasteiger partial charge in [0.15, 0.2) is 5.82 Å². The molecule has 43 heavy (non-hydrogen) atoms. The average Bonchev–Trinajstić information content (AvgIpc) is 3.43. The summed E-state index contributed by atoms with van der Waals surface area (Å²) < 4.78 is 2.34. The van der Waals surface area contributed by atoms with Gasteiger partial charge in [0.1, 0.15) is 0 Å². The Labute approximate surface area is 249 Å². The van der Waals surface area contributed by atoms with Crippen LogP contribution in [0.2, 0.25) is 0 Å². The third kappa shape index (κ3) is 4.55. The lowest BCUT2D eigenvalue weighted by Gasteiger charge is -2.12. The van der Waals surface area contributed by atoms with Crippen LogP contribution in [0.25, 0.3) is 72.5 Å². The molecule has 0 amide bonds. The minimum atomic E-state index is 0.671. The maximum Gasteiger partial charge on any atom is 0.160 e. The van der Waals surface area contributed by atoms with Gasteiger partial charge in [-0.15, -0.1) is 0 Å². The SMILES string of the molecule is c1ccc(-c2ccc(-c3cc(-c4cccc(-n5c6ccccc6c6ccccc65)c4)nc(-c4ccncc4)n3)cc2)cc1. The van der Waals surface area contributed by atoms with E-state index in [0.717, 1.165) is 33.8 Å². The number of hydrogen-bond acceptors (Lipinski definition) is 3. The van der Waals surface area contributed by atoms with E-state index in [1.165, 1.54) is 32.9 Å². The summed E-state index contributed by atoms with van der Waals surface area (Å²) in [4.78, 5) is 14.3. The second-order valence-electron chi connectivity index (χ2n) is 10.6. The van der Waals surface area contributed by atoms with Crippen molar-refractivity contribution in [2.45, 2.75) is 0 Å². The Balaban J connectivity index is 1.27. The Kier molecular flexibility index (Phi) is 6.08. The highest BCUT2D eigenvalue weighted by Crippen LogP contribution is 2.34. The lowest BCUT2D eigenvalue weighted by Crippen LogP contribution is -1.98. The molecule has 5 aromatic carbocycles. The van der Waals surface area contributed by atoms with E-state index >= 15 is 0 Å². The van der Waals surface area contributed by atoms with Gasteiger partial charge < -0.3 is 4.57 Å². The molecule has 8 rings (SSSR count). The van der Waals surface area contributed by atoms with Crippen LogP contribution in [-0.2, 0) is 0 Å². The average molecular weight is 551 g/mol. The number of fused-ring (bicyclic) bond motifs is 3. The van der Waals surface area contributed by atoms with Crippen molar-refractivity contribution in [2.24, 2.45) is 0 Å². The van der Waals surface area contributed by atoms with Gasteiger partial charge in [-0.05, 0) is 53.6 Å². The molecule has 0 spiro atoms. The fourth-order valence-electron chi connectivity index (χ4n) is 5.84. The van der Waals surface area contributed by atoms with Crippen molar-refractivity contribution in [3.63, 3.8) is 0 Å². The lowest BCUT2D eigenvalue weighted by atomic mass is 10.0. The highest BCUT2D eigenvalue weighted by Gasteiger charge is 2.14. The number of aromatic nitrogens is 4. The van der Waals surface area contributed by atoms with E-state index in [4.69, 9.17) is 9.97 Å². The summed E-state index contributed by atoms with van der Waals surface area (Å²) in [6, 6.07) is 50.8. The maximum absolute atomic E-state index is 5.06. The molecule has 0 saturated carbocycles. The smallest absolute Gasteiger partial charge is 0.160 e. The highest BCUT2D eigenvalue weighted by molar-refractivity contribution is 6.09. The van der Waals surface area contributed by atoms with Crippen molar-refractivity contribution in [3.8, 4) is 50.7 Å². The molecule has 8 aromatic rings. The number of pyridine rings is 1. The Hall–Kier alpha value is -5.87. The molecule has 0 atom stereocenters. The number of nitrogens with zero attached hydrogens (tertiary/aromatic N) is 4. The van der Waals surface area contributed by atoms with Crippen molar-refractivity contribution in [1.82, 2.24) is 19.5 Å². The minimum absolute atomic E-state index is 0.671. The van der Waals surface area contributed by atoms with Crippen molar-refractivity contribution >= 4 is 21.8 Å². The Morgan fingerprint density at radius 3 is 1.65 bits per heavy atom. The fraction of sp³-hybridized carbons (Fsp3) is 0. The van der Waals surface area contributed by atoms with E-state index in [2.05, 4.69) is 137 Å². The van der Waals surface area contributed by atoms with Gasteiger partial charge in [0.2, 0.25) is 0 Å². The molecule has 0 N–H and O–H groups in total. The van der Waals surface area contributed by atoms with E-state index in [0.29, 0.717) is 5.82 Å². The molecule has 0 aliphatic heterocycles. The van der Waals surface area contributed by atoms with E-state index in [1.807, 2.05) is 18.2 Å². The van der Waals surface area contributed by atoms with Crippen molar-refractivity contribution in [3.05, 3.63) is 158 Å². The minimum Gasteiger partial charge on any atom is -0.309 e. The van der Waals surface area contributed by atoms with Gasteiger partial charge in [-0.3, -0.25) is 4.98 Å². The van der Waals surface area contributed by atoms with E-state index in [1.54, 1.807) is 12.4 Å². The number of hydrogen-bond donors (Lipinski definition) is 0. The summed E-state index contributed by atoms with van der Waals surface area (Å²) in [5, 5.41) is 2.48. The summed E-state index contributed by atoms with van der Waals surface area (Å²) in [7, 11) is 0. The molecule has 0 fully saturated rings. The van der Waals surface area contributed by atoms with Crippen LogP contribution in [0, 0.1) is 0 Å². The number of para-hydroxylation sites is 2. The Bertz CT molecular complexity index is 2160. The molecule has 0 saturated heterocycles. The van der Waals surface area contributed by atoms with Crippen molar-refractivity contribution < 1.29 is 0 Å². The topological polar surface area (TPSA) is 43.6 Å². The molecular weight excluding hydrogens is 524 g/mol. The first kappa shape index (κ1) is 24.9. The standard InChI is InChI=1S/C39H26N4/c1-2-9-27(10-3-1)28-17-19-29(20-18-28)35-26-36(42-39(41-35)30-21-23-40-24-22-30)31-11-8-12-32(25-31)43-37-15-6-4-13-33(37)34-14-5-7-16-38(34)43/h1-26H.